The maximum absolute atomic E-state index is 11.6. The van der Waals surface area contributed by atoms with Gasteiger partial charge < -0.3 is 22.0 Å². The largest absolute Gasteiger partial charge is 1.00 e. The third kappa shape index (κ3) is 6.55. The fourth-order valence-corrected chi connectivity index (χ4v) is 1.46. The van der Waals surface area contributed by atoms with Crippen LogP contribution in [-0.4, -0.2) is 49.2 Å². The molecule has 0 saturated heterocycles. The first-order valence-corrected chi connectivity index (χ1v) is 5.64. The summed E-state index contributed by atoms with van der Waals surface area (Å²) in [5.74, 6) is -0.248. The summed E-state index contributed by atoms with van der Waals surface area (Å²) in [5, 5.41) is 9.71. The number of carbonyl (C=O) groups is 1. The molecule has 3 nitrogen and oxygen atoms in total. The van der Waals surface area contributed by atoms with E-state index in [4.69, 9.17) is 0 Å². The highest BCUT2D eigenvalue weighted by molar-refractivity contribution is 5.96. The van der Waals surface area contributed by atoms with Gasteiger partial charge in [-0.2, -0.15) is 0 Å². The van der Waals surface area contributed by atoms with E-state index in [1.165, 1.54) is 6.08 Å². The molecule has 0 spiro atoms. The number of likely N-dealkylation sites (N-methyl/N-ethyl adjacent to an activating group) is 1. The number of quaternary nitrogens is 1. The molecule has 1 N–H and O–H groups in total. The van der Waals surface area contributed by atoms with Crippen molar-refractivity contribution in [3.63, 3.8) is 0 Å². The van der Waals surface area contributed by atoms with E-state index in [-0.39, 0.29) is 18.2 Å². The van der Waals surface area contributed by atoms with Crippen LogP contribution in [0.3, 0.4) is 0 Å². The summed E-state index contributed by atoms with van der Waals surface area (Å²) in [4.78, 5) is 11.6. The van der Waals surface area contributed by atoms with E-state index in [0.717, 1.165) is 5.56 Å². The van der Waals surface area contributed by atoms with Crippen LogP contribution >= 0.6 is 0 Å². The molecule has 1 rings (SSSR count). The van der Waals surface area contributed by atoms with Crippen molar-refractivity contribution in [3.05, 3.63) is 42.0 Å². The van der Waals surface area contributed by atoms with Crippen molar-refractivity contribution in [2.24, 2.45) is 0 Å². The summed E-state index contributed by atoms with van der Waals surface area (Å²) in [6.45, 7) is 0.415. The van der Waals surface area contributed by atoms with Gasteiger partial charge in [-0.05, 0) is 11.6 Å². The van der Waals surface area contributed by atoms with Gasteiger partial charge in [0, 0.05) is 0 Å². The van der Waals surface area contributed by atoms with E-state index in [1.54, 1.807) is 6.08 Å². The van der Waals surface area contributed by atoms with Crippen LogP contribution in [0.15, 0.2) is 36.4 Å². The lowest BCUT2D eigenvalue weighted by molar-refractivity contribution is -0.872. The van der Waals surface area contributed by atoms with Crippen LogP contribution in [0.25, 0.3) is 6.08 Å². The quantitative estimate of drug-likeness (QED) is 0.513. The van der Waals surface area contributed by atoms with E-state index in [9.17, 15) is 9.90 Å². The Bertz CT molecular complexity index is 396. The molecule has 100 valence electrons. The first-order valence-electron chi connectivity index (χ1n) is 5.64. The van der Waals surface area contributed by atoms with Gasteiger partial charge in [0.15, 0.2) is 11.9 Å². The van der Waals surface area contributed by atoms with Gasteiger partial charge in [-0.1, -0.05) is 36.4 Å². The molecule has 1 aromatic rings. The fourth-order valence-electron chi connectivity index (χ4n) is 1.46. The summed E-state index contributed by atoms with van der Waals surface area (Å²) >= 11 is 0. The van der Waals surface area contributed by atoms with E-state index >= 15 is 0 Å². The minimum atomic E-state index is -0.935. The van der Waals surface area contributed by atoms with Crippen LogP contribution in [0.2, 0.25) is 0 Å². The number of aliphatic hydroxyl groups excluding tert-OH is 1. The molecule has 0 saturated carbocycles. The van der Waals surface area contributed by atoms with E-state index < -0.39 is 6.10 Å². The van der Waals surface area contributed by atoms with Crippen LogP contribution in [0.1, 0.15) is 5.56 Å². The molecule has 1 unspecified atom stereocenters. The summed E-state index contributed by atoms with van der Waals surface area (Å²) in [6, 6.07) is 9.57. The molecule has 0 aliphatic rings. The SMILES string of the molecule is C[N+](C)(C)CC(O)C(=O)/C=C/c1ccccc1.[Cl-]. The number of halogens is 1. The van der Waals surface area contributed by atoms with Gasteiger partial charge in [0.05, 0.1) is 21.1 Å². The minimum absolute atomic E-state index is 0. The third-order valence-electron chi connectivity index (χ3n) is 2.29. The highest BCUT2D eigenvalue weighted by Crippen LogP contribution is 2.03. The van der Waals surface area contributed by atoms with Crippen molar-refractivity contribution >= 4 is 11.9 Å². The molecule has 18 heavy (non-hydrogen) atoms. The highest BCUT2D eigenvalue weighted by atomic mass is 35.5. The number of rotatable bonds is 5. The summed E-state index contributed by atoms with van der Waals surface area (Å²) in [7, 11) is 5.83. The normalized spacial score (nSPS) is 13.1. The Hall–Kier alpha value is -1.16. The van der Waals surface area contributed by atoms with Crippen molar-refractivity contribution in [3.8, 4) is 0 Å². The molecule has 1 aromatic carbocycles. The van der Waals surface area contributed by atoms with Gasteiger partial charge in [-0.3, -0.25) is 4.79 Å². The first kappa shape index (κ1) is 16.8. The first-order chi connectivity index (χ1) is 7.88. The smallest absolute Gasteiger partial charge is 0.189 e. The van der Waals surface area contributed by atoms with Crippen LogP contribution in [0.4, 0.5) is 0 Å². The Morgan fingerprint density at radius 3 is 2.33 bits per heavy atom. The number of hydrogen-bond donors (Lipinski definition) is 1. The zero-order valence-corrected chi connectivity index (χ0v) is 11.8. The van der Waals surface area contributed by atoms with E-state index in [2.05, 4.69) is 0 Å². The number of carbonyl (C=O) groups excluding carboxylic acids is 1. The predicted octanol–water partition coefficient (Wildman–Crippen LogP) is -1.66. The number of hydrogen-bond acceptors (Lipinski definition) is 2. The molecule has 1 atom stereocenters. The molecule has 0 aromatic heterocycles. The molecular weight excluding hydrogens is 250 g/mol. The second-order valence-corrected chi connectivity index (χ2v) is 5.14. The second kappa shape index (κ2) is 7.31. The van der Waals surface area contributed by atoms with Gasteiger partial charge in [-0.25, -0.2) is 0 Å². The van der Waals surface area contributed by atoms with Crippen LogP contribution < -0.4 is 12.4 Å². The number of nitrogens with zero attached hydrogens (tertiary/aromatic N) is 1. The average molecular weight is 270 g/mol. The lowest BCUT2D eigenvalue weighted by atomic mass is 10.1. The summed E-state index contributed by atoms with van der Waals surface area (Å²) in [6.07, 6.45) is 2.23. The monoisotopic (exact) mass is 269 g/mol. The molecule has 0 amide bonds. The molecule has 0 aliphatic carbocycles. The Kier molecular flexibility index (Phi) is 6.84. The number of aliphatic hydroxyl groups is 1. The van der Waals surface area contributed by atoms with Gasteiger partial charge in [-0.15, -0.1) is 0 Å². The van der Waals surface area contributed by atoms with E-state index in [1.807, 2.05) is 51.5 Å². The Labute approximate surface area is 115 Å². The van der Waals surface area contributed by atoms with Crippen LogP contribution in [-0.2, 0) is 4.79 Å². The molecule has 0 aliphatic heterocycles. The van der Waals surface area contributed by atoms with E-state index in [0.29, 0.717) is 11.0 Å². The topological polar surface area (TPSA) is 37.3 Å². The zero-order valence-electron chi connectivity index (χ0n) is 11.0. The summed E-state index contributed by atoms with van der Waals surface area (Å²) in [5.41, 5.74) is 0.957. The fraction of sp³-hybridized carbons (Fsp3) is 0.357. The Morgan fingerprint density at radius 1 is 1.28 bits per heavy atom. The summed E-state index contributed by atoms with van der Waals surface area (Å²) < 4.78 is 0.562. The van der Waals surface area contributed by atoms with Crippen molar-refractivity contribution < 1.29 is 26.8 Å². The number of ketones is 1. The van der Waals surface area contributed by atoms with Gasteiger partial charge >= 0.3 is 0 Å². The Balaban J connectivity index is 0.00000289. The molecular formula is C14H20ClNO2. The predicted molar refractivity (Wildman–Crippen MR) is 69.4 cm³/mol. The van der Waals surface area contributed by atoms with Crippen molar-refractivity contribution in [2.45, 2.75) is 6.10 Å². The van der Waals surface area contributed by atoms with Gasteiger partial charge in [0.2, 0.25) is 0 Å². The zero-order chi connectivity index (χ0) is 12.9. The van der Waals surface area contributed by atoms with Gasteiger partial charge in [0.1, 0.15) is 6.54 Å². The average Bonchev–Trinajstić information content (AvgIpc) is 2.25. The maximum atomic E-state index is 11.6. The van der Waals surface area contributed by atoms with Gasteiger partial charge in [0.25, 0.3) is 0 Å². The second-order valence-electron chi connectivity index (χ2n) is 5.14. The van der Waals surface area contributed by atoms with Crippen molar-refractivity contribution in [1.82, 2.24) is 0 Å². The minimum Gasteiger partial charge on any atom is -1.00 e. The highest BCUT2D eigenvalue weighted by Gasteiger charge is 2.20. The number of benzene rings is 1. The molecule has 0 bridgehead atoms. The van der Waals surface area contributed by atoms with Crippen LogP contribution in [0, 0.1) is 0 Å². The molecule has 0 heterocycles. The molecule has 4 heteroatoms. The Morgan fingerprint density at radius 2 is 1.83 bits per heavy atom. The molecule has 0 fully saturated rings. The van der Waals surface area contributed by atoms with Crippen molar-refractivity contribution in [1.29, 1.82) is 0 Å². The van der Waals surface area contributed by atoms with Crippen molar-refractivity contribution in [2.75, 3.05) is 27.7 Å². The maximum Gasteiger partial charge on any atom is 0.189 e. The standard InChI is InChI=1S/C14H20NO2.ClH/c1-15(2,3)11-14(17)13(16)10-9-12-7-5-4-6-8-12;/h4-10,14,17H,11H2,1-3H3;1H/q+1;/p-1/b10-9+;. The van der Waals surface area contributed by atoms with Crippen LogP contribution in [0.5, 0.6) is 0 Å². The lowest BCUT2D eigenvalue weighted by Crippen LogP contribution is -3.00. The molecule has 0 radical (unpaired) electrons. The third-order valence-corrected chi connectivity index (χ3v) is 2.29. The lowest BCUT2D eigenvalue weighted by Gasteiger charge is -2.25.